The molecule has 0 unspecified atom stereocenters. The van der Waals surface area contributed by atoms with Crippen molar-refractivity contribution in [3.8, 4) is 0 Å². The predicted octanol–water partition coefficient (Wildman–Crippen LogP) is 0.652. The van der Waals surface area contributed by atoms with E-state index in [0.29, 0.717) is 25.7 Å². The minimum atomic E-state index is -3.89. The third-order valence-corrected chi connectivity index (χ3v) is 5.20. The Bertz CT molecular complexity index is 579. The molecule has 5 nitrogen and oxygen atoms in total. The molecule has 1 aliphatic heterocycles. The number of nitrogens with zero attached hydrogens (tertiary/aromatic N) is 2. The van der Waals surface area contributed by atoms with Gasteiger partial charge in [0.15, 0.2) is 0 Å². The predicted molar refractivity (Wildman–Crippen MR) is 73.2 cm³/mol. The van der Waals surface area contributed by atoms with Crippen molar-refractivity contribution < 1.29 is 22.3 Å². The normalized spacial score (nSPS) is 19.6. The van der Waals surface area contributed by atoms with Crippen LogP contribution in [-0.2, 0) is 10.0 Å². The molecule has 1 saturated heterocycles. The summed E-state index contributed by atoms with van der Waals surface area (Å²) >= 11 is 0. The Labute approximate surface area is 122 Å². The van der Waals surface area contributed by atoms with Crippen molar-refractivity contribution in [1.29, 1.82) is 0 Å². The van der Waals surface area contributed by atoms with Crippen LogP contribution in [0.15, 0.2) is 23.1 Å². The van der Waals surface area contributed by atoms with E-state index < -0.39 is 27.8 Å². The van der Waals surface area contributed by atoms with E-state index in [1.807, 2.05) is 4.90 Å². The van der Waals surface area contributed by atoms with Crippen LogP contribution in [0.3, 0.4) is 0 Å². The second kappa shape index (κ2) is 6.35. The van der Waals surface area contributed by atoms with Crippen LogP contribution < -0.4 is 0 Å². The molecular formula is C13H18F2N2O3S. The molecular weight excluding hydrogens is 302 g/mol. The average Bonchev–Trinajstić information content (AvgIpc) is 2.37. The van der Waals surface area contributed by atoms with E-state index in [1.54, 1.807) is 6.92 Å². The van der Waals surface area contributed by atoms with Gasteiger partial charge in [-0.2, -0.15) is 4.31 Å². The molecule has 8 heteroatoms. The smallest absolute Gasteiger partial charge is 0.243 e. The Morgan fingerprint density at radius 1 is 1.14 bits per heavy atom. The van der Waals surface area contributed by atoms with Crippen molar-refractivity contribution in [3.63, 3.8) is 0 Å². The minimum absolute atomic E-state index is 0.229. The number of hydrogen-bond donors (Lipinski definition) is 1. The summed E-state index contributed by atoms with van der Waals surface area (Å²) in [5.74, 6) is -1.83. The highest BCUT2D eigenvalue weighted by Gasteiger charge is 2.29. The largest absolute Gasteiger partial charge is 0.392 e. The maximum atomic E-state index is 13.2. The first-order chi connectivity index (χ1) is 9.79. The van der Waals surface area contributed by atoms with E-state index >= 15 is 0 Å². The number of benzene rings is 1. The molecule has 1 fully saturated rings. The Morgan fingerprint density at radius 3 is 2.14 bits per heavy atom. The third kappa shape index (κ3) is 3.97. The zero-order chi connectivity index (χ0) is 15.6. The van der Waals surface area contributed by atoms with Crippen LogP contribution in [0.5, 0.6) is 0 Å². The van der Waals surface area contributed by atoms with Gasteiger partial charge in [0, 0.05) is 38.8 Å². The van der Waals surface area contributed by atoms with Gasteiger partial charge in [-0.1, -0.05) is 0 Å². The molecule has 1 N–H and O–H groups in total. The number of aliphatic hydroxyl groups is 1. The fourth-order valence-electron chi connectivity index (χ4n) is 2.35. The van der Waals surface area contributed by atoms with Crippen molar-refractivity contribution in [2.24, 2.45) is 0 Å². The van der Waals surface area contributed by atoms with E-state index in [2.05, 4.69) is 0 Å². The van der Waals surface area contributed by atoms with Gasteiger partial charge in [0.1, 0.15) is 11.6 Å². The molecule has 0 aromatic heterocycles. The van der Waals surface area contributed by atoms with Gasteiger partial charge in [0.25, 0.3) is 0 Å². The van der Waals surface area contributed by atoms with Crippen LogP contribution in [-0.4, -0.2) is 61.6 Å². The van der Waals surface area contributed by atoms with Crippen molar-refractivity contribution in [3.05, 3.63) is 29.8 Å². The van der Waals surface area contributed by atoms with Crippen LogP contribution in [0, 0.1) is 11.6 Å². The van der Waals surface area contributed by atoms with E-state index in [-0.39, 0.29) is 18.0 Å². The van der Waals surface area contributed by atoms with Gasteiger partial charge in [-0.15, -0.1) is 0 Å². The highest BCUT2D eigenvalue weighted by molar-refractivity contribution is 7.89. The summed E-state index contributed by atoms with van der Waals surface area (Å²) in [5, 5.41) is 9.31. The van der Waals surface area contributed by atoms with Crippen LogP contribution in [0.4, 0.5) is 8.78 Å². The molecule has 0 radical (unpaired) electrons. The first-order valence-electron chi connectivity index (χ1n) is 6.65. The number of β-amino-alcohol motifs (C(OH)–C–C–N with tert-alkyl or cyclic N) is 1. The maximum Gasteiger partial charge on any atom is 0.243 e. The number of rotatable bonds is 4. The van der Waals surface area contributed by atoms with E-state index in [1.165, 1.54) is 4.31 Å². The number of aliphatic hydroxyl groups excluding tert-OH is 1. The summed E-state index contributed by atoms with van der Waals surface area (Å²) in [6.45, 7) is 3.55. The Hall–Kier alpha value is -1.09. The molecule has 1 aliphatic rings. The fraction of sp³-hybridized carbons (Fsp3) is 0.538. The molecule has 1 atom stereocenters. The van der Waals surface area contributed by atoms with Gasteiger partial charge >= 0.3 is 0 Å². The number of halogens is 2. The molecule has 0 aliphatic carbocycles. The molecule has 0 amide bonds. The monoisotopic (exact) mass is 320 g/mol. The topological polar surface area (TPSA) is 60.9 Å². The zero-order valence-electron chi connectivity index (χ0n) is 11.7. The third-order valence-electron chi connectivity index (χ3n) is 3.33. The van der Waals surface area contributed by atoms with Gasteiger partial charge in [-0.3, -0.25) is 4.90 Å². The number of sulfonamides is 1. The van der Waals surface area contributed by atoms with Crippen molar-refractivity contribution in [2.45, 2.75) is 17.9 Å². The van der Waals surface area contributed by atoms with E-state index in [9.17, 15) is 22.3 Å². The van der Waals surface area contributed by atoms with Crippen molar-refractivity contribution in [2.75, 3.05) is 32.7 Å². The molecule has 21 heavy (non-hydrogen) atoms. The fourth-order valence-corrected chi connectivity index (χ4v) is 3.82. The molecule has 1 heterocycles. The lowest BCUT2D eigenvalue weighted by Crippen LogP contribution is -2.50. The van der Waals surface area contributed by atoms with Gasteiger partial charge in [0.2, 0.25) is 10.0 Å². The van der Waals surface area contributed by atoms with Gasteiger partial charge in [0.05, 0.1) is 11.0 Å². The zero-order valence-corrected chi connectivity index (χ0v) is 12.5. The Morgan fingerprint density at radius 2 is 1.67 bits per heavy atom. The first kappa shape index (κ1) is 16.3. The van der Waals surface area contributed by atoms with Gasteiger partial charge in [-0.05, 0) is 19.1 Å². The molecule has 118 valence electrons. The lowest BCUT2D eigenvalue weighted by molar-refractivity contribution is 0.103. The summed E-state index contributed by atoms with van der Waals surface area (Å²) in [7, 11) is -3.89. The van der Waals surface area contributed by atoms with Crippen LogP contribution in [0.1, 0.15) is 6.92 Å². The standard InChI is InChI=1S/C13H18F2N2O3S/c1-10(18)9-16-2-4-17(5-3-16)21(19,20)13-7-11(14)6-12(15)8-13/h6-8,10,18H,2-5,9H2,1H3/t10-/m1/s1. The summed E-state index contributed by atoms with van der Waals surface area (Å²) in [6, 6.07) is 2.28. The average molecular weight is 320 g/mol. The van der Waals surface area contributed by atoms with Crippen LogP contribution in [0.25, 0.3) is 0 Å². The minimum Gasteiger partial charge on any atom is -0.392 e. The number of hydrogen-bond acceptors (Lipinski definition) is 4. The second-order valence-corrected chi connectivity index (χ2v) is 7.10. The van der Waals surface area contributed by atoms with Crippen LogP contribution in [0.2, 0.25) is 0 Å². The molecule has 1 aromatic carbocycles. The maximum absolute atomic E-state index is 13.2. The highest BCUT2D eigenvalue weighted by atomic mass is 32.2. The molecule has 0 spiro atoms. The highest BCUT2D eigenvalue weighted by Crippen LogP contribution is 2.20. The lowest BCUT2D eigenvalue weighted by atomic mass is 10.3. The second-order valence-electron chi connectivity index (χ2n) is 5.16. The molecule has 0 bridgehead atoms. The summed E-state index contributed by atoms with van der Waals surface area (Å²) < 4.78 is 52.2. The summed E-state index contributed by atoms with van der Waals surface area (Å²) in [6.07, 6.45) is -0.481. The first-order valence-corrected chi connectivity index (χ1v) is 8.10. The van der Waals surface area contributed by atoms with E-state index in [0.717, 1.165) is 12.1 Å². The lowest BCUT2D eigenvalue weighted by Gasteiger charge is -2.34. The van der Waals surface area contributed by atoms with Crippen molar-refractivity contribution >= 4 is 10.0 Å². The quantitative estimate of drug-likeness (QED) is 0.885. The number of piperazine rings is 1. The van der Waals surface area contributed by atoms with E-state index in [4.69, 9.17) is 0 Å². The molecule has 1 aromatic rings. The van der Waals surface area contributed by atoms with Crippen molar-refractivity contribution in [1.82, 2.24) is 9.21 Å². The SMILES string of the molecule is C[C@@H](O)CN1CCN(S(=O)(=O)c2cc(F)cc(F)c2)CC1. The molecule has 2 rings (SSSR count). The summed E-state index contributed by atoms with van der Waals surface area (Å²) in [5.41, 5.74) is 0. The molecule has 0 saturated carbocycles. The Kier molecular flexibility index (Phi) is 4.92. The van der Waals surface area contributed by atoms with Gasteiger partial charge in [-0.25, -0.2) is 17.2 Å². The van der Waals surface area contributed by atoms with Crippen LogP contribution >= 0.6 is 0 Å². The summed E-state index contributed by atoms with van der Waals surface area (Å²) in [4.78, 5) is 1.58. The van der Waals surface area contributed by atoms with Gasteiger partial charge < -0.3 is 5.11 Å². The Balaban J connectivity index is 2.11.